The number of nitrogens with one attached hydrogen (secondary N) is 3. The Bertz CT molecular complexity index is 824. The van der Waals surface area contributed by atoms with Gasteiger partial charge in [-0.2, -0.15) is 0 Å². The number of benzene rings is 2. The minimum Gasteiger partial charge on any atom is -0.494 e. The first-order chi connectivity index (χ1) is 15.6. The lowest BCUT2D eigenvalue weighted by atomic mass is 10.2. The number of carbonyl (C=O) groups is 2. The van der Waals surface area contributed by atoms with Crippen molar-refractivity contribution < 1.29 is 19.1 Å². The Kier molecular flexibility index (Phi) is 11.7. The number of hydrogen-bond acceptors (Lipinski definition) is 5. The van der Waals surface area contributed by atoms with Gasteiger partial charge in [-0.05, 0) is 55.3 Å². The monoisotopic (exact) mass is 441 g/mol. The van der Waals surface area contributed by atoms with Crippen LogP contribution in [0.1, 0.15) is 49.4 Å². The van der Waals surface area contributed by atoms with E-state index >= 15 is 0 Å². The first kappa shape index (κ1) is 25.2. The van der Waals surface area contributed by atoms with Crippen molar-refractivity contribution >= 4 is 23.2 Å². The summed E-state index contributed by atoms with van der Waals surface area (Å²) in [6.07, 6.45) is 5.43. The van der Waals surface area contributed by atoms with Crippen LogP contribution in [0.2, 0.25) is 0 Å². The maximum atomic E-state index is 12.3. The zero-order valence-corrected chi connectivity index (χ0v) is 19.1. The highest BCUT2D eigenvalue weighted by molar-refractivity contribution is 5.96. The van der Waals surface area contributed by atoms with Gasteiger partial charge in [-0.3, -0.25) is 9.59 Å². The molecule has 0 radical (unpaired) electrons. The topological polar surface area (TPSA) is 88.7 Å². The summed E-state index contributed by atoms with van der Waals surface area (Å²) in [5.74, 6) is 0.476. The molecule has 0 unspecified atom stereocenters. The number of methoxy groups -OCH3 is 1. The van der Waals surface area contributed by atoms with E-state index < -0.39 is 0 Å². The standard InChI is InChI=1S/C25H35N3O4/c1-3-4-5-6-17-32-23-13-11-21(12-14-23)28-24(29)19-27-22-10-7-9-20(18-22)25(30)26-15-8-16-31-2/h7,9-14,18,27H,3-6,8,15-17,19H2,1-2H3,(H,26,30)(H,28,29). The molecule has 0 aromatic heterocycles. The van der Waals surface area contributed by atoms with Crippen molar-refractivity contribution in [2.45, 2.75) is 39.0 Å². The Balaban J connectivity index is 1.74. The van der Waals surface area contributed by atoms with E-state index in [4.69, 9.17) is 9.47 Å². The van der Waals surface area contributed by atoms with Crippen molar-refractivity contribution in [3.05, 3.63) is 54.1 Å². The van der Waals surface area contributed by atoms with Gasteiger partial charge in [-0.1, -0.05) is 32.3 Å². The Labute approximate surface area is 190 Å². The van der Waals surface area contributed by atoms with E-state index in [0.717, 1.165) is 18.6 Å². The van der Waals surface area contributed by atoms with E-state index in [9.17, 15) is 9.59 Å². The van der Waals surface area contributed by atoms with Gasteiger partial charge in [-0.15, -0.1) is 0 Å². The van der Waals surface area contributed by atoms with E-state index in [-0.39, 0.29) is 18.4 Å². The molecule has 2 rings (SSSR count). The van der Waals surface area contributed by atoms with Gasteiger partial charge < -0.3 is 25.4 Å². The lowest BCUT2D eigenvalue weighted by Gasteiger charge is -2.10. The van der Waals surface area contributed by atoms with Crippen LogP contribution in [0.4, 0.5) is 11.4 Å². The van der Waals surface area contributed by atoms with Crippen LogP contribution in [-0.2, 0) is 9.53 Å². The Hall–Kier alpha value is -3.06. The SMILES string of the molecule is CCCCCCOc1ccc(NC(=O)CNc2cccc(C(=O)NCCCOC)c2)cc1. The lowest BCUT2D eigenvalue weighted by molar-refractivity contribution is -0.114. The molecule has 174 valence electrons. The van der Waals surface area contributed by atoms with Crippen molar-refractivity contribution in [3.8, 4) is 5.75 Å². The van der Waals surface area contributed by atoms with Crippen molar-refractivity contribution in [3.63, 3.8) is 0 Å². The van der Waals surface area contributed by atoms with Crippen molar-refractivity contribution in [2.24, 2.45) is 0 Å². The summed E-state index contributed by atoms with van der Waals surface area (Å²) < 4.78 is 10.7. The molecule has 3 N–H and O–H groups in total. The number of hydrogen-bond donors (Lipinski definition) is 3. The summed E-state index contributed by atoms with van der Waals surface area (Å²) in [7, 11) is 1.63. The molecule has 0 aliphatic carbocycles. The highest BCUT2D eigenvalue weighted by Crippen LogP contribution is 2.16. The molecule has 0 fully saturated rings. The fraction of sp³-hybridized carbons (Fsp3) is 0.440. The van der Waals surface area contributed by atoms with E-state index in [2.05, 4.69) is 22.9 Å². The highest BCUT2D eigenvalue weighted by atomic mass is 16.5. The van der Waals surface area contributed by atoms with Gasteiger partial charge in [0.1, 0.15) is 5.75 Å². The normalized spacial score (nSPS) is 10.4. The Morgan fingerprint density at radius 3 is 2.47 bits per heavy atom. The largest absolute Gasteiger partial charge is 0.494 e. The van der Waals surface area contributed by atoms with Crippen LogP contribution < -0.4 is 20.7 Å². The van der Waals surface area contributed by atoms with Crippen LogP contribution in [0, 0.1) is 0 Å². The number of ether oxygens (including phenoxy) is 2. The third-order valence-corrected chi connectivity index (χ3v) is 4.79. The van der Waals surface area contributed by atoms with E-state index in [1.165, 1.54) is 19.3 Å². The smallest absolute Gasteiger partial charge is 0.251 e. The third kappa shape index (κ3) is 9.83. The second kappa shape index (κ2) is 14.9. The molecule has 0 aliphatic heterocycles. The first-order valence-corrected chi connectivity index (χ1v) is 11.3. The Morgan fingerprint density at radius 2 is 1.72 bits per heavy atom. The quantitative estimate of drug-likeness (QED) is 0.355. The van der Waals surface area contributed by atoms with Crippen LogP contribution >= 0.6 is 0 Å². The number of rotatable bonds is 15. The number of amides is 2. The fourth-order valence-corrected chi connectivity index (χ4v) is 3.03. The molecule has 2 aromatic carbocycles. The molecule has 0 spiro atoms. The predicted octanol–water partition coefficient (Wildman–Crippen LogP) is 4.46. The minimum atomic E-state index is -0.173. The van der Waals surface area contributed by atoms with Crippen molar-refractivity contribution in [1.29, 1.82) is 0 Å². The predicted molar refractivity (Wildman–Crippen MR) is 128 cm³/mol. The number of carbonyl (C=O) groups excluding carboxylic acids is 2. The van der Waals surface area contributed by atoms with E-state index in [0.29, 0.717) is 36.7 Å². The van der Waals surface area contributed by atoms with Gasteiger partial charge in [0, 0.05) is 37.2 Å². The second-order valence-corrected chi connectivity index (χ2v) is 7.52. The average molecular weight is 442 g/mol. The molecule has 0 bridgehead atoms. The zero-order valence-electron chi connectivity index (χ0n) is 19.1. The van der Waals surface area contributed by atoms with Gasteiger partial charge in [0.05, 0.1) is 13.2 Å². The molecule has 0 saturated carbocycles. The fourth-order valence-electron chi connectivity index (χ4n) is 3.03. The maximum absolute atomic E-state index is 12.3. The maximum Gasteiger partial charge on any atom is 0.251 e. The molecule has 0 saturated heterocycles. The molecule has 32 heavy (non-hydrogen) atoms. The van der Waals surface area contributed by atoms with Crippen LogP contribution in [0.5, 0.6) is 5.75 Å². The van der Waals surface area contributed by atoms with Crippen LogP contribution in [-0.4, -0.2) is 45.2 Å². The molecule has 2 amide bonds. The molecule has 7 nitrogen and oxygen atoms in total. The number of unbranched alkanes of at least 4 members (excludes halogenated alkanes) is 3. The molecule has 0 atom stereocenters. The van der Waals surface area contributed by atoms with Gasteiger partial charge in [0.2, 0.25) is 5.91 Å². The van der Waals surface area contributed by atoms with E-state index in [1.807, 2.05) is 30.3 Å². The highest BCUT2D eigenvalue weighted by Gasteiger charge is 2.07. The molecular formula is C25H35N3O4. The van der Waals surface area contributed by atoms with Crippen molar-refractivity contribution in [2.75, 3.05) is 44.0 Å². The van der Waals surface area contributed by atoms with Crippen LogP contribution in [0.15, 0.2) is 48.5 Å². The number of anilines is 2. The first-order valence-electron chi connectivity index (χ1n) is 11.3. The summed E-state index contributed by atoms with van der Waals surface area (Å²) in [5, 5.41) is 8.76. The molecular weight excluding hydrogens is 406 g/mol. The van der Waals surface area contributed by atoms with Crippen LogP contribution in [0.3, 0.4) is 0 Å². The third-order valence-electron chi connectivity index (χ3n) is 4.79. The van der Waals surface area contributed by atoms with Crippen LogP contribution in [0.25, 0.3) is 0 Å². The summed E-state index contributed by atoms with van der Waals surface area (Å²) in [5.41, 5.74) is 1.95. The molecule has 0 heterocycles. The average Bonchev–Trinajstić information content (AvgIpc) is 2.81. The van der Waals surface area contributed by atoms with Gasteiger partial charge in [-0.25, -0.2) is 0 Å². The molecule has 7 heteroatoms. The van der Waals surface area contributed by atoms with Gasteiger partial charge >= 0.3 is 0 Å². The van der Waals surface area contributed by atoms with E-state index in [1.54, 1.807) is 25.3 Å². The summed E-state index contributed by atoms with van der Waals surface area (Å²) in [6, 6.07) is 14.4. The lowest BCUT2D eigenvalue weighted by Crippen LogP contribution is -2.25. The summed E-state index contributed by atoms with van der Waals surface area (Å²) in [6.45, 7) is 4.14. The minimum absolute atomic E-state index is 0.0919. The van der Waals surface area contributed by atoms with Gasteiger partial charge in [0.25, 0.3) is 5.91 Å². The Morgan fingerprint density at radius 1 is 0.906 bits per heavy atom. The zero-order chi connectivity index (χ0) is 23.0. The summed E-state index contributed by atoms with van der Waals surface area (Å²) in [4.78, 5) is 24.5. The van der Waals surface area contributed by atoms with Gasteiger partial charge in [0.15, 0.2) is 0 Å². The molecule has 2 aromatic rings. The summed E-state index contributed by atoms with van der Waals surface area (Å²) >= 11 is 0. The second-order valence-electron chi connectivity index (χ2n) is 7.52. The molecule has 0 aliphatic rings. The van der Waals surface area contributed by atoms with Crippen molar-refractivity contribution in [1.82, 2.24) is 5.32 Å².